The van der Waals surface area contributed by atoms with Crippen molar-refractivity contribution in [3.8, 4) is 6.01 Å². The predicted octanol–water partition coefficient (Wildman–Crippen LogP) is 0.350. The van der Waals surface area contributed by atoms with Gasteiger partial charge in [-0.15, -0.1) is 0 Å². The molecule has 65 valence electrons. The highest BCUT2D eigenvalue weighted by atomic mass is 35.5. The Morgan fingerprint density at radius 3 is 2.92 bits per heavy atom. The highest BCUT2D eigenvalue weighted by Gasteiger charge is 1.98. The molecule has 0 unspecified atom stereocenters. The molecule has 5 nitrogen and oxygen atoms in total. The minimum Gasteiger partial charge on any atom is -0.461 e. The first-order valence-corrected chi connectivity index (χ1v) is 3.60. The zero-order valence-corrected chi connectivity index (χ0v) is 7.21. The summed E-state index contributed by atoms with van der Waals surface area (Å²) < 4.78 is 9.78. The Morgan fingerprint density at radius 1 is 1.42 bits per heavy atom. The van der Waals surface area contributed by atoms with Crippen LogP contribution < -0.4 is 4.74 Å². The molecule has 0 saturated heterocycles. The third kappa shape index (κ3) is 2.98. The first-order chi connectivity index (χ1) is 5.83. The van der Waals surface area contributed by atoms with Gasteiger partial charge in [-0.25, -0.2) is 0 Å². The van der Waals surface area contributed by atoms with Gasteiger partial charge in [0.25, 0.3) is 0 Å². The summed E-state index contributed by atoms with van der Waals surface area (Å²) in [4.78, 5) is 10.8. The van der Waals surface area contributed by atoms with Crippen molar-refractivity contribution in [2.45, 2.75) is 0 Å². The van der Waals surface area contributed by atoms with Crippen molar-refractivity contribution in [2.75, 3.05) is 20.3 Å². The molecule has 0 aromatic carbocycles. The fourth-order valence-electron chi connectivity index (χ4n) is 0.519. The Balaban J connectivity index is 2.41. The average molecular weight is 189 g/mol. The van der Waals surface area contributed by atoms with Crippen LogP contribution in [0.4, 0.5) is 0 Å². The van der Waals surface area contributed by atoms with Crippen molar-refractivity contribution in [1.29, 1.82) is 0 Å². The van der Waals surface area contributed by atoms with Gasteiger partial charge in [-0.1, -0.05) is 0 Å². The Bertz CT molecular complexity index is 246. The van der Waals surface area contributed by atoms with E-state index in [1.165, 1.54) is 0 Å². The molecule has 0 atom stereocenters. The van der Waals surface area contributed by atoms with Crippen molar-refractivity contribution in [2.24, 2.45) is 0 Å². The monoisotopic (exact) mass is 188 g/mol. The van der Waals surface area contributed by atoms with Crippen LogP contribution in [0.3, 0.4) is 0 Å². The average Bonchev–Trinajstić information content (AvgIpc) is 2.05. The van der Waals surface area contributed by atoms with E-state index in [4.69, 9.17) is 21.1 Å². The van der Waals surface area contributed by atoms with Gasteiger partial charge >= 0.3 is 6.01 Å². The van der Waals surface area contributed by atoms with Crippen molar-refractivity contribution in [3.63, 3.8) is 0 Å². The van der Waals surface area contributed by atoms with E-state index in [0.29, 0.717) is 13.2 Å². The highest BCUT2D eigenvalue weighted by Crippen LogP contribution is 2.03. The number of methoxy groups -OCH3 is 1. The molecule has 1 radical (unpaired) electrons. The van der Waals surface area contributed by atoms with Crippen LogP contribution in [-0.4, -0.2) is 35.3 Å². The smallest absolute Gasteiger partial charge is 0.321 e. The maximum Gasteiger partial charge on any atom is 0.321 e. The van der Waals surface area contributed by atoms with Gasteiger partial charge in [-0.05, 0) is 11.6 Å². The largest absolute Gasteiger partial charge is 0.461 e. The molecule has 0 N–H and O–H groups in total. The second-order valence-corrected chi connectivity index (χ2v) is 2.17. The molecule has 0 aliphatic carbocycles. The van der Waals surface area contributed by atoms with Gasteiger partial charge in [0.1, 0.15) is 6.61 Å². The number of rotatable bonds is 4. The van der Waals surface area contributed by atoms with Gasteiger partial charge in [0.2, 0.25) is 11.6 Å². The molecule has 12 heavy (non-hydrogen) atoms. The molecular formula is C6H7ClN3O2. The van der Waals surface area contributed by atoms with Crippen LogP contribution in [0.5, 0.6) is 6.01 Å². The van der Waals surface area contributed by atoms with Crippen LogP contribution >= 0.6 is 11.6 Å². The van der Waals surface area contributed by atoms with Crippen molar-refractivity contribution in [1.82, 2.24) is 15.0 Å². The molecule has 0 aliphatic heterocycles. The molecule has 0 fully saturated rings. The number of hydrogen-bond acceptors (Lipinski definition) is 5. The Hall–Kier alpha value is -0.940. The lowest BCUT2D eigenvalue weighted by molar-refractivity contribution is 0.140. The lowest BCUT2D eigenvalue weighted by atomic mass is 10.8. The summed E-state index contributed by atoms with van der Waals surface area (Å²) in [6.45, 7) is 0.855. The van der Waals surface area contributed by atoms with E-state index < -0.39 is 0 Å². The van der Waals surface area contributed by atoms with Gasteiger partial charge in [0, 0.05) is 7.11 Å². The molecular weight excluding hydrogens is 182 g/mol. The lowest BCUT2D eigenvalue weighted by Crippen LogP contribution is -2.06. The molecule has 0 spiro atoms. The maximum atomic E-state index is 5.45. The molecule has 1 heterocycles. The number of hydrogen-bond donors (Lipinski definition) is 0. The topological polar surface area (TPSA) is 57.1 Å². The van der Waals surface area contributed by atoms with Crippen LogP contribution in [0, 0.1) is 6.33 Å². The zero-order chi connectivity index (χ0) is 8.81. The quantitative estimate of drug-likeness (QED) is 0.639. The molecule has 0 amide bonds. The summed E-state index contributed by atoms with van der Waals surface area (Å²) in [5.41, 5.74) is 0. The van der Waals surface area contributed by atoms with E-state index in [0.717, 1.165) is 0 Å². The van der Waals surface area contributed by atoms with E-state index in [1.54, 1.807) is 7.11 Å². The van der Waals surface area contributed by atoms with Gasteiger partial charge in [-0.3, -0.25) is 0 Å². The highest BCUT2D eigenvalue weighted by molar-refractivity contribution is 6.28. The summed E-state index contributed by atoms with van der Waals surface area (Å²) in [5.74, 6) is 0. The molecule has 0 bridgehead atoms. The molecule has 6 heteroatoms. The first-order valence-electron chi connectivity index (χ1n) is 3.22. The van der Waals surface area contributed by atoms with Crippen LogP contribution in [0.2, 0.25) is 5.28 Å². The number of nitrogens with zero attached hydrogens (tertiary/aromatic N) is 3. The van der Waals surface area contributed by atoms with Crippen molar-refractivity contribution < 1.29 is 9.47 Å². The lowest BCUT2D eigenvalue weighted by Gasteiger charge is -2.01. The van der Waals surface area contributed by atoms with Gasteiger partial charge < -0.3 is 9.47 Å². The Morgan fingerprint density at radius 2 is 2.25 bits per heavy atom. The summed E-state index contributed by atoms with van der Waals surface area (Å²) in [5, 5.41) is 0.0671. The Labute approximate surface area is 74.7 Å². The third-order valence-corrected chi connectivity index (χ3v) is 1.16. The first kappa shape index (κ1) is 9.15. The molecule has 1 rings (SSSR count). The van der Waals surface area contributed by atoms with Gasteiger partial charge in [0.15, 0.2) is 0 Å². The summed E-state index contributed by atoms with van der Waals surface area (Å²) in [6, 6.07) is 0.159. The van der Waals surface area contributed by atoms with Crippen LogP contribution in [0.25, 0.3) is 0 Å². The van der Waals surface area contributed by atoms with E-state index in [1.807, 2.05) is 0 Å². The molecule has 0 saturated carbocycles. The number of halogens is 1. The minimum absolute atomic E-state index is 0.0671. The zero-order valence-electron chi connectivity index (χ0n) is 6.45. The van der Waals surface area contributed by atoms with Crippen LogP contribution in [0.15, 0.2) is 0 Å². The van der Waals surface area contributed by atoms with Crippen molar-refractivity contribution >= 4 is 11.6 Å². The van der Waals surface area contributed by atoms with E-state index in [2.05, 4.69) is 21.3 Å². The standard InChI is InChI=1S/C6H7ClN3O2/c1-11-2-3-12-6-9-4-8-5(7)10-6/h2-3H2,1H3. The predicted molar refractivity (Wildman–Crippen MR) is 41.0 cm³/mol. The van der Waals surface area contributed by atoms with E-state index in [9.17, 15) is 0 Å². The number of ether oxygens (including phenoxy) is 2. The third-order valence-electron chi connectivity index (χ3n) is 0.994. The summed E-state index contributed by atoms with van der Waals surface area (Å²) in [6.07, 6.45) is 2.30. The van der Waals surface area contributed by atoms with E-state index >= 15 is 0 Å². The van der Waals surface area contributed by atoms with Gasteiger partial charge in [-0.2, -0.15) is 15.0 Å². The molecule has 0 aliphatic rings. The fraction of sp³-hybridized carbons (Fsp3) is 0.500. The second kappa shape index (κ2) is 4.84. The minimum atomic E-state index is 0.0671. The number of aromatic nitrogens is 3. The summed E-state index contributed by atoms with van der Waals surface area (Å²) >= 11 is 5.45. The van der Waals surface area contributed by atoms with Crippen LogP contribution in [-0.2, 0) is 4.74 Å². The van der Waals surface area contributed by atoms with Crippen molar-refractivity contribution in [3.05, 3.63) is 11.6 Å². The van der Waals surface area contributed by atoms with Gasteiger partial charge in [0.05, 0.1) is 6.61 Å². The summed E-state index contributed by atoms with van der Waals surface area (Å²) in [7, 11) is 1.58. The molecule has 1 aromatic rings. The second-order valence-electron chi connectivity index (χ2n) is 1.83. The fourth-order valence-corrected chi connectivity index (χ4v) is 0.629. The maximum absolute atomic E-state index is 5.45. The Kier molecular flexibility index (Phi) is 3.69. The molecule has 1 aromatic heterocycles. The van der Waals surface area contributed by atoms with Crippen LogP contribution in [0.1, 0.15) is 0 Å². The van der Waals surface area contributed by atoms with E-state index in [-0.39, 0.29) is 11.3 Å². The normalized spacial score (nSPS) is 9.83. The SMILES string of the molecule is COCCOc1n[c]nc(Cl)n1.